The summed E-state index contributed by atoms with van der Waals surface area (Å²) in [5, 5.41) is 0. The van der Waals surface area contributed by atoms with Crippen LogP contribution in [0.5, 0.6) is 0 Å². The van der Waals surface area contributed by atoms with Crippen LogP contribution in [0.1, 0.15) is 46.0 Å². The average Bonchev–Trinajstić information content (AvgIpc) is 2.49. The average molecular weight is 320 g/mol. The summed E-state index contributed by atoms with van der Waals surface area (Å²) in [7, 11) is 0. The van der Waals surface area contributed by atoms with Gasteiger partial charge in [-0.2, -0.15) is 0 Å². The highest BCUT2D eigenvalue weighted by atomic mass is 16.8. The maximum Gasteiger partial charge on any atom is 0.511 e. The third kappa shape index (κ3) is 11.9. The van der Waals surface area contributed by atoms with Crippen molar-refractivity contribution in [3.8, 4) is 24.7 Å². The van der Waals surface area contributed by atoms with E-state index in [1.54, 1.807) is 0 Å². The molecule has 0 fully saturated rings. The predicted molar refractivity (Wildman–Crippen MR) is 87.0 cm³/mol. The molecule has 0 radical (unpaired) electrons. The zero-order valence-electron chi connectivity index (χ0n) is 13.7. The minimum Gasteiger partial charge on any atom is -0.434 e. The van der Waals surface area contributed by atoms with Crippen molar-refractivity contribution < 1.29 is 23.8 Å². The van der Waals surface area contributed by atoms with Gasteiger partial charge in [-0.1, -0.05) is 12.2 Å². The molecule has 0 amide bonds. The van der Waals surface area contributed by atoms with Crippen LogP contribution < -0.4 is 0 Å². The summed E-state index contributed by atoms with van der Waals surface area (Å²) in [6.45, 7) is 3.43. The lowest BCUT2D eigenvalue weighted by molar-refractivity contribution is -0.168. The molecule has 5 nitrogen and oxygen atoms in total. The molecule has 23 heavy (non-hydrogen) atoms. The van der Waals surface area contributed by atoms with Crippen LogP contribution in [-0.4, -0.2) is 25.0 Å². The van der Waals surface area contributed by atoms with Crippen molar-refractivity contribution in [2.45, 2.75) is 52.2 Å². The van der Waals surface area contributed by atoms with Crippen LogP contribution in [-0.2, 0) is 19.0 Å². The Labute approximate surface area is 138 Å². The first-order valence-corrected chi connectivity index (χ1v) is 7.54. The number of terminal acetylenes is 2. The molecule has 0 N–H and O–H groups in total. The molecule has 5 heteroatoms. The number of esters is 1. The molecule has 0 rings (SSSR count). The van der Waals surface area contributed by atoms with Crippen molar-refractivity contribution in [1.29, 1.82) is 0 Å². The zero-order valence-corrected chi connectivity index (χ0v) is 13.7. The van der Waals surface area contributed by atoms with E-state index in [9.17, 15) is 9.59 Å². The van der Waals surface area contributed by atoms with Gasteiger partial charge in [0.1, 0.15) is 0 Å². The Balaban J connectivity index is 3.98. The quantitative estimate of drug-likeness (QED) is 0.203. The third-order valence-corrected chi connectivity index (χ3v) is 2.80. The fourth-order valence-electron chi connectivity index (χ4n) is 1.68. The number of ether oxygens (including phenoxy) is 3. The molecular weight excluding hydrogens is 296 g/mol. The van der Waals surface area contributed by atoms with Gasteiger partial charge >= 0.3 is 12.1 Å². The molecule has 0 aromatic heterocycles. The van der Waals surface area contributed by atoms with Crippen molar-refractivity contribution >= 4 is 12.1 Å². The first kappa shape index (κ1) is 20.6. The fraction of sp³-hybridized carbons (Fsp3) is 0.556. The molecule has 0 aliphatic rings. The largest absolute Gasteiger partial charge is 0.511 e. The van der Waals surface area contributed by atoms with Gasteiger partial charge < -0.3 is 14.2 Å². The first-order valence-electron chi connectivity index (χ1n) is 7.54. The lowest BCUT2D eigenvalue weighted by Crippen LogP contribution is -2.23. The van der Waals surface area contributed by atoms with Gasteiger partial charge in [-0.15, -0.1) is 24.7 Å². The maximum absolute atomic E-state index is 11.5. The van der Waals surface area contributed by atoms with Gasteiger partial charge in [-0.25, -0.2) is 4.79 Å². The summed E-state index contributed by atoms with van der Waals surface area (Å²) in [6.07, 6.45) is 14.9. The van der Waals surface area contributed by atoms with Crippen molar-refractivity contribution in [2.75, 3.05) is 6.61 Å². The highest BCUT2D eigenvalue weighted by Gasteiger charge is 2.16. The molecule has 0 bridgehead atoms. The Morgan fingerprint density at radius 1 is 1.17 bits per heavy atom. The second-order valence-corrected chi connectivity index (χ2v) is 4.88. The fourth-order valence-corrected chi connectivity index (χ4v) is 1.68. The van der Waals surface area contributed by atoms with Gasteiger partial charge in [-0.05, 0) is 19.8 Å². The number of hydrogen-bond acceptors (Lipinski definition) is 5. The lowest BCUT2D eigenvalue weighted by Gasteiger charge is -2.15. The Morgan fingerprint density at radius 2 is 1.83 bits per heavy atom. The second-order valence-electron chi connectivity index (χ2n) is 4.88. The molecule has 0 heterocycles. The molecule has 0 spiro atoms. The molecule has 0 saturated heterocycles. The highest BCUT2D eigenvalue weighted by molar-refractivity contribution is 5.69. The van der Waals surface area contributed by atoms with E-state index in [4.69, 9.17) is 27.1 Å². The molecule has 0 aliphatic heterocycles. The molecule has 0 aromatic rings. The molecule has 1 unspecified atom stereocenters. The van der Waals surface area contributed by atoms with Crippen molar-refractivity contribution in [1.82, 2.24) is 0 Å². The van der Waals surface area contributed by atoms with Crippen LogP contribution in [0.4, 0.5) is 4.79 Å². The Hall–Kier alpha value is -2.40. The number of rotatable bonds is 10. The zero-order chi connectivity index (χ0) is 17.5. The summed E-state index contributed by atoms with van der Waals surface area (Å²) < 4.78 is 14.7. The standard InChI is InChI=1S/C18H24O5/c1-5-8-9-10-13-17(19)22-15(4)23-18(20)21-14-16(11-6-2)12-7-3/h2-3,5,8,15-16H,9-14H2,1,4H3/b8-5-. The van der Waals surface area contributed by atoms with Gasteiger partial charge in [0.25, 0.3) is 0 Å². The minimum atomic E-state index is -1.00. The van der Waals surface area contributed by atoms with Crippen LogP contribution in [0, 0.1) is 30.6 Å². The van der Waals surface area contributed by atoms with Crippen LogP contribution in [0.25, 0.3) is 0 Å². The van der Waals surface area contributed by atoms with E-state index in [1.165, 1.54) is 6.92 Å². The highest BCUT2D eigenvalue weighted by Crippen LogP contribution is 2.09. The smallest absolute Gasteiger partial charge is 0.434 e. The summed E-state index contributed by atoms with van der Waals surface area (Å²) in [5.41, 5.74) is 0. The number of unbranched alkanes of at least 4 members (excludes halogenated alkanes) is 1. The second kappa shape index (κ2) is 13.3. The first-order chi connectivity index (χ1) is 11.0. The minimum absolute atomic E-state index is 0.0667. The summed E-state index contributed by atoms with van der Waals surface area (Å²) >= 11 is 0. The van der Waals surface area contributed by atoms with Crippen LogP contribution in [0.2, 0.25) is 0 Å². The monoisotopic (exact) mass is 320 g/mol. The predicted octanol–water partition coefficient (Wildman–Crippen LogP) is 3.44. The van der Waals surface area contributed by atoms with E-state index < -0.39 is 18.4 Å². The van der Waals surface area contributed by atoms with E-state index in [0.717, 1.165) is 6.42 Å². The number of allylic oxidation sites excluding steroid dienone is 2. The number of carbonyl (C=O) groups excluding carboxylic acids is 2. The third-order valence-electron chi connectivity index (χ3n) is 2.80. The Bertz CT molecular complexity index is 451. The van der Waals surface area contributed by atoms with Gasteiger partial charge in [0.05, 0.1) is 6.61 Å². The number of hydrogen-bond donors (Lipinski definition) is 0. The van der Waals surface area contributed by atoms with Crippen molar-refractivity contribution in [3.63, 3.8) is 0 Å². The summed E-state index contributed by atoms with van der Waals surface area (Å²) in [4.78, 5) is 23.0. The maximum atomic E-state index is 11.5. The summed E-state index contributed by atoms with van der Waals surface area (Å²) in [6, 6.07) is 0. The SMILES string of the molecule is C#CCC(CC#C)COC(=O)OC(C)OC(=O)CCC/C=C\C. The molecule has 0 saturated carbocycles. The van der Waals surface area contributed by atoms with E-state index in [-0.39, 0.29) is 18.9 Å². The lowest BCUT2D eigenvalue weighted by atomic mass is 10.0. The van der Waals surface area contributed by atoms with Crippen LogP contribution in [0.3, 0.4) is 0 Å². The van der Waals surface area contributed by atoms with E-state index >= 15 is 0 Å². The molecular formula is C18H24O5. The van der Waals surface area contributed by atoms with Crippen LogP contribution in [0.15, 0.2) is 12.2 Å². The van der Waals surface area contributed by atoms with Gasteiger partial charge in [0.15, 0.2) is 0 Å². The Morgan fingerprint density at radius 3 is 2.39 bits per heavy atom. The topological polar surface area (TPSA) is 61.8 Å². The van der Waals surface area contributed by atoms with E-state index in [0.29, 0.717) is 19.3 Å². The van der Waals surface area contributed by atoms with Gasteiger partial charge in [0, 0.05) is 32.1 Å². The molecule has 0 aromatic carbocycles. The number of carbonyl (C=O) groups is 2. The molecule has 1 atom stereocenters. The van der Waals surface area contributed by atoms with Crippen molar-refractivity contribution in [2.24, 2.45) is 5.92 Å². The van der Waals surface area contributed by atoms with Crippen LogP contribution >= 0.6 is 0 Å². The van der Waals surface area contributed by atoms with Gasteiger partial charge in [0.2, 0.25) is 6.29 Å². The molecule has 126 valence electrons. The van der Waals surface area contributed by atoms with Gasteiger partial charge in [-0.3, -0.25) is 4.79 Å². The molecule has 0 aliphatic carbocycles. The normalized spacial score (nSPS) is 11.5. The summed E-state index contributed by atoms with van der Waals surface area (Å²) in [5.74, 6) is 4.41. The van der Waals surface area contributed by atoms with Crippen molar-refractivity contribution in [3.05, 3.63) is 12.2 Å². The Kier molecular flexibility index (Phi) is 11.9. The van der Waals surface area contributed by atoms with E-state index in [1.807, 2.05) is 19.1 Å². The van der Waals surface area contributed by atoms with E-state index in [2.05, 4.69) is 11.8 Å².